The smallest absolute Gasteiger partial charge is 0.193 e. The summed E-state index contributed by atoms with van der Waals surface area (Å²) < 4.78 is 5.76. The Morgan fingerprint density at radius 1 is 1.23 bits per heavy atom. The zero-order chi connectivity index (χ0) is 18.2. The Balaban J connectivity index is 1.36. The number of ether oxygens (including phenoxy) is 1. The molecule has 2 aliphatic rings. The second-order valence-electron chi connectivity index (χ2n) is 7.37. The SMILES string of the molecule is CCOC1CCN(C(=NC)NCC2CCN(Cc3cccs3)CC2)CC1. The minimum Gasteiger partial charge on any atom is -0.378 e. The van der Waals surface area contributed by atoms with E-state index in [0.29, 0.717) is 6.10 Å². The number of rotatable bonds is 6. The van der Waals surface area contributed by atoms with Crippen molar-refractivity contribution in [3.8, 4) is 0 Å². The Labute approximate surface area is 162 Å². The van der Waals surface area contributed by atoms with Gasteiger partial charge in [0.05, 0.1) is 6.10 Å². The zero-order valence-corrected chi connectivity index (χ0v) is 17.1. The zero-order valence-electron chi connectivity index (χ0n) is 16.3. The molecule has 26 heavy (non-hydrogen) atoms. The minimum absolute atomic E-state index is 0.432. The summed E-state index contributed by atoms with van der Waals surface area (Å²) >= 11 is 1.87. The Kier molecular flexibility index (Phi) is 7.77. The summed E-state index contributed by atoms with van der Waals surface area (Å²) in [6.45, 7) is 9.58. The van der Waals surface area contributed by atoms with Gasteiger partial charge in [-0.3, -0.25) is 9.89 Å². The van der Waals surface area contributed by atoms with Crippen molar-refractivity contribution in [2.75, 3.05) is 46.4 Å². The van der Waals surface area contributed by atoms with Crippen LogP contribution in [-0.2, 0) is 11.3 Å². The molecule has 0 unspecified atom stereocenters. The summed E-state index contributed by atoms with van der Waals surface area (Å²) in [7, 11) is 1.90. The maximum absolute atomic E-state index is 5.76. The largest absolute Gasteiger partial charge is 0.378 e. The number of guanidine groups is 1. The summed E-state index contributed by atoms with van der Waals surface area (Å²) in [5.41, 5.74) is 0. The van der Waals surface area contributed by atoms with Gasteiger partial charge in [-0.05, 0) is 63.1 Å². The third-order valence-corrected chi connectivity index (χ3v) is 6.43. The maximum atomic E-state index is 5.76. The molecule has 3 heterocycles. The first-order valence-corrected chi connectivity index (χ1v) is 11.0. The van der Waals surface area contributed by atoms with E-state index < -0.39 is 0 Å². The maximum Gasteiger partial charge on any atom is 0.193 e. The molecule has 0 atom stereocenters. The number of hydrogen-bond acceptors (Lipinski definition) is 4. The summed E-state index contributed by atoms with van der Waals surface area (Å²) in [5, 5.41) is 5.81. The summed E-state index contributed by atoms with van der Waals surface area (Å²) in [6, 6.07) is 4.40. The molecule has 0 amide bonds. The molecule has 1 N–H and O–H groups in total. The number of nitrogens with one attached hydrogen (secondary N) is 1. The molecule has 0 bridgehead atoms. The molecule has 0 spiro atoms. The lowest BCUT2D eigenvalue weighted by Gasteiger charge is -2.35. The van der Waals surface area contributed by atoms with Gasteiger partial charge in [0.25, 0.3) is 0 Å². The predicted octanol–water partition coefficient (Wildman–Crippen LogP) is 3.04. The van der Waals surface area contributed by atoms with Crippen molar-refractivity contribution in [3.05, 3.63) is 22.4 Å². The lowest BCUT2D eigenvalue weighted by atomic mass is 9.97. The highest BCUT2D eigenvalue weighted by atomic mass is 32.1. The molecule has 2 saturated heterocycles. The van der Waals surface area contributed by atoms with Crippen LogP contribution in [0.2, 0.25) is 0 Å². The number of nitrogens with zero attached hydrogens (tertiary/aromatic N) is 3. The van der Waals surface area contributed by atoms with E-state index in [1.165, 1.54) is 30.8 Å². The number of thiophene rings is 1. The van der Waals surface area contributed by atoms with E-state index >= 15 is 0 Å². The van der Waals surface area contributed by atoms with Crippen molar-refractivity contribution in [1.82, 2.24) is 15.1 Å². The highest BCUT2D eigenvalue weighted by molar-refractivity contribution is 7.09. The molecule has 146 valence electrons. The van der Waals surface area contributed by atoms with E-state index in [9.17, 15) is 0 Å². The standard InChI is InChI=1S/C20H34N4OS/c1-3-25-18-8-12-24(13-9-18)20(21-2)22-15-17-6-10-23(11-7-17)16-19-5-4-14-26-19/h4-5,14,17-18H,3,6-13,15-16H2,1-2H3,(H,21,22). The molecule has 0 aromatic carbocycles. The third kappa shape index (κ3) is 5.69. The predicted molar refractivity (Wildman–Crippen MR) is 110 cm³/mol. The van der Waals surface area contributed by atoms with Crippen LogP contribution >= 0.6 is 11.3 Å². The summed E-state index contributed by atoms with van der Waals surface area (Å²) in [6.07, 6.45) is 5.21. The van der Waals surface area contributed by atoms with Gasteiger partial charge in [-0.15, -0.1) is 11.3 Å². The van der Waals surface area contributed by atoms with Crippen LogP contribution in [0.4, 0.5) is 0 Å². The van der Waals surface area contributed by atoms with Crippen molar-refractivity contribution >= 4 is 17.3 Å². The van der Waals surface area contributed by atoms with E-state index in [-0.39, 0.29) is 0 Å². The van der Waals surface area contributed by atoms with Gasteiger partial charge in [0, 0.05) is 44.7 Å². The van der Waals surface area contributed by atoms with Crippen LogP contribution in [-0.4, -0.2) is 68.2 Å². The summed E-state index contributed by atoms with van der Waals surface area (Å²) in [5.74, 6) is 1.83. The van der Waals surface area contributed by atoms with Crippen LogP contribution in [0.3, 0.4) is 0 Å². The molecular formula is C20H34N4OS. The minimum atomic E-state index is 0.432. The van der Waals surface area contributed by atoms with E-state index in [1.807, 2.05) is 18.4 Å². The molecule has 0 radical (unpaired) electrons. The van der Waals surface area contributed by atoms with E-state index in [0.717, 1.165) is 57.5 Å². The van der Waals surface area contributed by atoms with Crippen molar-refractivity contribution in [3.63, 3.8) is 0 Å². The second-order valence-corrected chi connectivity index (χ2v) is 8.40. The molecule has 0 aliphatic carbocycles. The molecule has 5 nitrogen and oxygen atoms in total. The first-order chi connectivity index (χ1) is 12.8. The van der Waals surface area contributed by atoms with E-state index in [2.05, 4.69) is 44.5 Å². The monoisotopic (exact) mass is 378 g/mol. The number of aliphatic imine (C=N–C) groups is 1. The van der Waals surface area contributed by atoms with Gasteiger partial charge in [-0.2, -0.15) is 0 Å². The lowest BCUT2D eigenvalue weighted by molar-refractivity contribution is 0.0263. The first kappa shape index (κ1) is 19.6. The van der Waals surface area contributed by atoms with Gasteiger partial charge in [0.1, 0.15) is 0 Å². The van der Waals surface area contributed by atoms with Gasteiger partial charge in [-0.1, -0.05) is 6.07 Å². The van der Waals surface area contributed by atoms with Crippen LogP contribution in [0.25, 0.3) is 0 Å². The molecule has 0 saturated carbocycles. The van der Waals surface area contributed by atoms with Gasteiger partial charge >= 0.3 is 0 Å². The fraction of sp³-hybridized carbons (Fsp3) is 0.750. The molecule has 6 heteroatoms. The normalized spacial score (nSPS) is 21.3. The quantitative estimate of drug-likeness (QED) is 0.610. The van der Waals surface area contributed by atoms with E-state index in [4.69, 9.17) is 4.74 Å². The molecule has 1 aromatic rings. The van der Waals surface area contributed by atoms with Crippen LogP contribution < -0.4 is 5.32 Å². The van der Waals surface area contributed by atoms with Crippen LogP contribution in [0.15, 0.2) is 22.5 Å². The summed E-state index contributed by atoms with van der Waals surface area (Å²) in [4.78, 5) is 11.0. The average molecular weight is 379 g/mol. The molecule has 2 aliphatic heterocycles. The fourth-order valence-electron chi connectivity index (χ4n) is 4.01. The van der Waals surface area contributed by atoms with Crippen molar-refractivity contribution in [2.45, 2.75) is 45.3 Å². The van der Waals surface area contributed by atoms with E-state index in [1.54, 1.807) is 0 Å². The van der Waals surface area contributed by atoms with Crippen LogP contribution in [0.1, 0.15) is 37.5 Å². The molecule has 1 aromatic heterocycles. The Morgan fingerprint density at radius 2 is 2.00 bits per heavy atom. The third-order valence-electron chi connectivity index (χ3n) is 5.57. The van der Waals surface area contributed by atoms with Crippen molar-refractivity contribution in [1.29, 1.82) is 0 Å². The first-order valence-electron chi connectivity index (χ1n) is 10.1. The number of hydrogen-bond donors (Lipinski definition) is 1. The Bertz CT molecular complexity index is 532. The van der Waals surface area contributed by atoms with Gasteiger partial charge in [-0.25, -0.2) is 0 Å². The second kappa shape index (κ2) is 10.3. The molecular weight excluding hydrogens is 344 g/mol. The van der Waals surface area contributed by atoms with Crippen LogP contribution in [0.5, 0.6) is 0 Å². The van der Waals surface area contributed by atoms with Crippen molar-refractivity contribution in [2.24, 2.45) is 10.9 Å². The number of piperidine rings is 2. The fourth-order valence-corrected chi connectivity index (χ4v) is 4.76. The number of likely N-dealkylation sites (tertiary alicyclic amines) is 2. The molecule has 2 fully saturated rings. The Morgan fingerprint density at radius 3 is 2.62 bits per heavy atom. The highest BCUT2D eigenvalue weighted by Gasteiger charge is 2.23. The van der Waals surface area contributed by atoms with Gasteiger partial charge < -0.3 is 15.0 Å². The van der Waals surface area contributed by atoms with Crippen LogP contribution in [0, 0.1) is 5.92 Å². The Hall–Kier alpha value is -1.11. The average Bonchev–Trinajstić information content (AvgIpc) is 3.18. The van der Waals surface area contributed by atoms with Gasteiger partial charge in [0.2, 0.25) is 0 Å². The lowest BCUT2D eigenvalue weighted by Crippen LogP contribution is -2.48. The van der Waals surface area contributed by atoms with Crippen molar-refractivity contribution < 1.29 is 4.74 Å². The molecule has 3 rings (SSSR count). The van der Waals surface area contributed by atoms with Gasteiger partial charge in [0.15, 0.2) is 5.96 Å². The highest BCUT2D eigenvalue weighted by Crippen LogP contribution is 2.20. The topological polar surface area (TPSA) is 40.1 Å².